The van der Waals surface area contributed by atoms with E-state index in [1.165, 1.54) is 32.3 Å². The molecule has 0 atom stereocenters. The third-order valence-corrected chi connectivity index (χ3v) is 9.92. The molecule has 0 saturated carbocycles. The number of aromatic nitrogens is 6. The highest BCUT2D eigenvalue weighted by molar-refractivity contribution is 6.26. The lowest BCUT2D eigenvalue weighted by molar-refractivity contribution is 1.26. The van der Waals surface area contributed by atoms with Crippen LogP contribution >= 0.6 is 0 Å². The first-order valence-corrected chi connectivity index (χ1v) is 17.8. The zero-order valence-electron chi connectivity index (χ0n) is 29.0. The predicted molar refractivity (Wildman–Crippen MR) is 218 cm³/mol. The van der Waals surface area contributed by atoms with E-state index in [0.717, 1.165) is 67.5 Å². The maximum Gasteiger partial charge on any atom is 0.0725 e. The van der Waals surface area contributed by atoms with E-state index < -0.39 is 0 Å². The van der Waals surface area contributed by atoms with Gasteiger partial charge >= 0.3 is 0 Å². The Morgan fingerprint density at radius 1 is 0.259 bits per heavy atom. The van der Waals surface area contributed by atoms with Gasteiger partial charge in [-0.2, -0.15) is 0 Å². The molecular weight excluding hydrogens is 661 g/mol. The summed E-state index contributed by atoms with van der Waals surface area (Å²) < 4.78 is 0. The molecule has 4 aromatic carbocycles. The van der Waals surface area contributed by atoms with Gasteiger partial charge in [-0.3, -0.25) is 19.9 Å². The van der Waals surface area contributed by atoms with Gasteiger partial charge in [0.1, 0.15) is 0 Å². The minimum absolute atomic E-state index is 0.864. The second kappa shape index (κ2) is 13.3. The van der Waals surface area contributed by atoms with E-state index >= 15 is 0 Å². The van der Waals surface area contributed by atoms with Gasteiger partial charge in [-0.1, -0.05) is 72.8 Å². The van der Waals surface area contributed by atoms with Crippen LogP contribution in [0.5, 0.6) is 0 Å². The minimum atomic E-state index is 0.864. The molecule has 54 heavy (non-hydrogen) atoms. The Labute approximate surface area is 311 Å². The summed E-state index contributed by atoms with van der Waals surface area (Å²) in [5.74, 6) is 0. The molecule has 0 bridgehead atoms. The monoisotopic (exact) mass is 690 g/mol. The summed E-state index contributed by atoms with van der Waals surface area (Å²) in [7, 11) is 0. The first-order chi connectivity index (χ1) is 26.7. The predicted octanol–water partition coefficient (Wildman–Crippen LogP) is 11.5. The standard InChI is InChI=1S/C48H30N6/c1-2-10-38-37(9-1)41-25-31(45-13-7-15-47(53-45)35-23-33(27-49-29-35)43-11-3-5-21-51-43)17-19-39(41)40-20-18-32(26-42(38)40)46-14-8-16-48(54-46)36-24-34(28-50-30-36)44-12-4-6-22-52-44/h1-30H. The van der Waals surface area contributed by atoms with Gasteiger partial charge in [0, 0.05) is 70.6 Å². The Balaban J connectivity index is 1.04. The zero-order valence-corrected chi connectivity index (χ0v) is 29.0. The maximum absolute atomic E-state index is 5.12. The molecule has 6 nitrogen and oxygen atoms in total. The molecule has 6 heteroatoms. The molecule has 0 amide bonds. The van der Waals surface area contributed by atoms with Crippen molar-refractivity contribution in [2.24, 2.45) is 0 Å². The van der Waals surface area contributed by atoms with Crippen molar-refractivity contribution in [3.05, 3.63) is 183 Å². The van der Waals surface area contributed by atoms with Gasteiger partial charge in [0.25, 0.3) is 0 Å². The average Bonchev–Trinajstić information content (AvgIpc) is 3.27. The van der Waals surface area contributed by atoms with Crippen LogP contribution in [0.1, 0.15) is 0 Å². The second-order valence-corrected chi connectivity index (χ2v) is 13.2. The number of hydrogen-bond acceptors (Lipinski definition) is 6. The number of nitrogens with zero attached hydrogens (tertiary/aromatic N) is 6. The van der Waals surface area contributed by atoms with Crippen molar-refractivity contribution in [3.8, 4) is 67.5 Å². The molecule has 0 aliphatic heterocycles. The summed E-state index contributed by atoms with van der Waals surface area (Å²) in [5, 5.41) is 7.16. The summed E-state index contributed by atoms with van der Waals surface area (Å²) >= 11 is 0. The second-order valence-electron chi connectivity index (χ2n) is 13.2. The van der Waals surface area contributed by atoms with Crippen LogP contribution in [-0.4, -0.2) is 29.9 Å². The molecule has 6 aromatic heterocycles. The largest absolute Gasteiger partial charge is 0.263 e. The van der Waals surface area contributed by atoms with Crippen molar-refractivity contribution < 1.29 is 0 Å². The van der Waals surface area contributed by atoms with Crippen LogP contribution in [-0.2, 0) is 0 Å². The van der Waals surface area contributed by atoms with E-state index in [2.05, 4.69) is 117 Å². The van der Waals surface area contributed by atoms with E-state index in [1.54, 1.807) is 12.4 Å². The SMILES string of the molecule is c1ccc(-c2cncc(-c3cccc(-c4ccc5c6ccc(-c7cccc(-c8cncc(-c9ccccn9)c8)n7)cc6c6ccccc6c5c4)n3)c2)nc1. The molecule has 0 radical (unpaired) electrons. The van der Waals surface area contributed by atoms with Gasteiger partial charge in [0.15, 0.2) is 0 Å². The molecule has 0 aliphatic carbocycles. The normalized spacial score (nSPS) is 11.3. The van der Waals surface area contributed by atoms with Gasteiger partial charge in [0.05, 0.1) is 34.2 Å². The van der Waals surface area contributed by atoms with Crippen molar-refractivity contribution in [1.29, 1.82) is 0 Å². The Kier molecular flexibility index (Phi) is 7.69. The van der Waals surface area contributed by atoms with E-state index in [0.29, 0.717) is 0 Å². The summed E-state index contributed by atoms with van der Waals surface area (Å²) in [4.78, 5) is 28.3. The van der Waals surface area contributed by atoms with Crippen molar-refractivity contribution in [3.63, 3.8) is 0 Å². The third kappa shape index (κ3) is 5.72. The molecule has 0 unspecified atom stereocenters. The van der Waals surface area contributed by atoms with Crippen LogP contribution in [0.25, 0.3) is 99.9 Å². The van der Waals surface area contributed by atoms with E-state index in [1.807, 2.05) is 73.3 Å². The highest BCUT2D eigenvalue weighted by Crippen LogP contribution is 2.39. The van der Waals surface area contributed by atoms with E-state index in [9.17, 15) is 0 Å². The van der Waals surface area contributed by atoms with Crippen LogP contribution in [0.3, 0.4) is 0 Å². The maximum atomic E-state index is 5.12. The lowest BCUT2D eigenvalue weighted by atomic mass is 9.91. The number of hydrogen-bond donors (Lipinski definition) is 0. The zero-order chi connectivity index (χ0) is 35.8. The van der Waals surface area contributed by atoms with Gasteiger partial charge in [-0.25, -0.2) is 9.97 Å². The molecule has 0 saturated heterocycles. The van der Waals surface area contributed by atoms with E-state index in [-0.39, 0.29) is 0 Å². The topological polar surface area (TPSA) is 77.3 Å². The number of pyridine rings is 6. The summed E-state index contributed by atoms with van der Waals surface area (Å²) in [6.45, 7) is 0. The van der Waals surface area contributed by atoms with Crippen LogP contribution in [0, 0.1) is 0 Å². The lowest BCUT2D eigenvalue weighted by Crippen LogP contribution is -1.92. The molecule has 6 heterocycles. The van der Waals surface area contributed by atoms with Crippen molar-refractivity contribution in [2.75, 3.05) is 0 Å². The van der Waals surface area contributed by atoms with Crippen LogP contribution in [0.4, 0.5) is 0 Å². The van der Waals surface area contributed by atoms with Crippen LogP contribution in [0.15, 0.2) is 183 Å². The highest BCUT2D eigenvalue weighted by atomic mass is 14.7. The number of rotatable bonds is 6. The molecule has 0 aliphatic rings. The molecule has 10 aromatic rings. The molecule has 0 spiro atoms. The summed E-state index contributed by atoms with van der Waals surface area (Å²) in [5.41, 5.74) is 11.2. The fourth-order valence-electron chi connectivity index (χ4n) is 7.30. The Morgan fingerprint density at radius 2 is 0.630 bits per heavy atom. The van der Waals surface area contributed by atoms with Crippen LogP contribution in [0.2, 0.25) is 0 Å². The molecule has 252 valence electrons. The smallest absolute Gasteiger partial charge is 0.0725 e. The highest BCUT2D eigenvalue weighted by Gasteiger charge is 2.14. The molecule has 0 N–H and O–H groups in total. The quantitative estimate of drug-likeness (QED) is 0.162. The van der Waals surface area contributed by atoms with Gasteiger partial charge in [-0.05, 0) is 105 Å². The van der Waals surface area contributed by atoms with Crippen LogP contribution < -0.4 is 0 Å². The summed E-state index contributed by atoms with van der Waals surface area (Å²) in [6, 6.07) is 50.3. The fraction of sp³-hybridized carbons (Fsp3) is 0. The van der Waals surface area contributed by atoms with Crippen molar-refractivity contribution in [2.45, 2.75) is 0 Å². The third-order valence-electron chi connectivity index (χ3n) is 9.92. The summed E-state index contributed by atoms with van der Waals surface area (Å²) in [6.07, 6.45) is 11.0. The van der Waals surface area contributed by atoms with Gasteiger partial charge in [-0.15, -0.1) is 0 Å². The van der Waals surface area contributed by atoms with Crippen molar-refractivity contribution in [1.82, 2.24) is 29.9 Å². The Morgan fingerprint density at radius 3 is 1.06 bits per heavy atom. The molecule has 0 fully saturated rings. The van der Waals surface area contributed by atoms with Gasteiger partial charge < -0.3 is 0 Å². The first-order valence-electron chi connectivity index (χ1n) is 17.8. The minimum Gasteiger partial charge on any atom is -0.263 e. The fourth-order valence-corrected chi connectivity index (χ4v) is 7.30. The van der Waals surface area contributed by atoms with Gasteiger partial charge in [0.2, 0.25) is 0 Å². The number of benzene rings is 4. The Hall–Kier alpha value is -7.44. The van der Waals surface area contributed by atoms with E-state index in [4.69, 9.17) is 9.97 Å². The molecular formula is C48H30N6. The average molecular weight is 691 g/mol. The van der Waals surface area contributed by atoms with Crippen molar-refractivity contribution >= 4 is 32.3 Å². The first kappa shape index (κ1) is 31.3. The number of fused-ring (bicyclic) bond motifs is 6. The Bertz CT molecular complexity index is 2770. The lowest BCUT2D eigenvalue weighted by Gasteiger charge is -2.14. The molecule has 10 rings (SSSR count).